The molecule has 1 aromatic carbocycles. The van der Waals surface area contributed by atoms with Gasteiger partial charge in [-0.05, 0) is 12.1 Å². The molecule has 0 bridgehead atoms. The van der Waals surface area contributed by atoms with Crippen LogP contribution in [0.2, 0.25) is 0 Å². The van der Waals surface area contributed by atoms with Gasteiger partial charge in [0.15, 0.2) is 6.10 Å². The second-order valence-corrected chi connectivity index (χ2v) is 3.67. The van der Waals surface area contributed by atoms with Gasteiger partial charge in [-0.2, -0.15) is 0 Å². The molecule has 1 unspecified atom stereocenters. The van der Waals surface area contributed by atoms with Gasteiger partial charge in [0.25, 0.3) is 5.91 Å². The van der Waals surface area contributed by atoms with Crippen LogP contribution in [0.3, 0.4) is 0 Å². The second-order valence-electron chi connectivity index (χ2n) is 3.67. The molecule has 0 heterocycles. The number of benzene rings is 1. The van der Waals surface area contributed by atoms with Crippen molar-refractivity contribution in [2.75, 3.05) is 26.7 Å². The minimum Gasteiger partial charge on any atom is -0.367 e. The van der Waals surface area contributed by atoms with Gasteiger partial charge in [-0.25, -0.2) is 0 Å². The number of hydrogen-bond acceptors (Lipinski definition) is 3. The first-order chi connectivity index (χ1) is 8.29. The molecular weight excluding hydrogens is 216 g/mol. The molecule has 0 aromatic heterocycles. The summed E-state index contributed by atoms with van der Waals surface area (Å²) in [5, 5.41) is 5.99. The molecule has 0 saturated heterocycles. The maximum atomic E-state index is 11.9. The van der Waals surface area contributed by atoms with Gasteiger partial charge in [-0.3, -0.25) is 4.79 Å². The van der Waals surface area contributed by atoms with Crippen LogP contribution in [-0.4, -0.2) is 32.7 Å². The van der Waals surface area contributed by atoms with Crippen molar-refractivity contribution in [3.8, 4) is 0 Å². The zero-order chi connectivity index (χ0) is 12.5. The van der Waals surface area contributed by atoms with Crippen LogP contribution in [0.4, 0.5) is 0 Å². The standard InChI is InChI=1S/C13H20N2O2/c1-3-14-9-10-15-13(16)12(17-2)11-7-5-4-6-8-11/h4-8,12,14H,3,9-10H2,1-2H3,(H,15,16). The zero-order valence-electron chi connectivity index (χ0n) is 10.4. The topological polar surface area (TPSA) is 50.4 Å². The average molecular weight is 236 g/mol. The van der Waals surface area contributed by atoms with Gasteiger partial charge in [0.2, 0.25) is 0 Å². The molecule has 4 heteroatoms. The molecule has 0 radical (unpaired) electrons. The molecule has 0 aliphatic rings. The van der Waals surface area contributed by atoms with Crippen molar-refractivity contribution in [3.05, 3.63) is 35.9 Å². The lowest BCUT2D eigenvalue weighted by atomic mass is 10.1. The van der Waals surface area contributed by atoms with Crippen LogP contribution < -0.4 is 10.6 Å². The molecule has 2 N–H and O–H groups in total. The van der Waals surface area contributed by atoms with E-state index in [-0.39, 0.29) is 5.91 Å². The highest BCUT2D eigenvalue weighted by Gasteiger charge is 2.18. The summed E-state index contributed by atoms with van der Waals surface area (Å²) in [4.78, 5) is 11.9. The highest BCUT2D eigenvalue weighted by atomic mass is 16.5. The Labute approximate surface area is 102 Å². The molecule has 1 amide bonds. The van der Waals surface area contributed by atoms with Crippen LogP contribution in [0.1, 0.15) is 18.6 Å². The van der Waals surface area contributed by atoms with Crippen molar-refractivity contribution in [3.63, 3.8) is 0 Å². The summed E-state index contributed by atoms with van der Waals surface area (Å²) >= 11 is 0. The van der Waals surface area contributed by atoms with E-state index in [0.717, 1.165) is 18.7 Å². The number of ether oxygens (including phenoxy) is 1. The predicted octanol–water partition coefficient (Wildman–Crippen LogP) is 1.10. The first-order valence-electron chi connectivity index (χ1n) is 5.85. The van der Waals surface area contributed by atoms with Gasteiger partial charge in [0, 0.05) is 20.2 Å². The highest BCUT2D eigenvalue weighted by Crippen LogP contribution is 2.15. The first kappa shape index (κ1) is 13.7. The summed E-state index contributed by atoms with van der Waals surface area (Å²) in [6, 6.07) is 9.48. The summed E-state index contributed by atoms with van der Waals surface area (Å²) in [7, 11) is 1.54. The fourth-order valence-electron chi connectivity index (χ4n) is 1.57. The van der Waals surface area contributed by atoms with Crippen LogP contribution in [0.25, 0.3) is 0 Å². The summed E-state index contributed by atoms with van der Waals surface area (Å²) in [5.41, 5.74) is 0.871. The Morgan fingerprint density at radius 3 is 2.59 bits per heavy atom. The van der Waals surface area contributed by atoms with Crippen molar-refractivity contribution >= 4 is 5.91 Å². The minimum atomic E-state index is -0.530. The number of nitrogens with one attached hydrogen (secondary N) is 2. The quantitative estimate of drug-likeness (QED) is 0.697. The van der Waals surface area contributed by atoms with Crippen molar-refractivity contribution in [1.29, 1.82) is 0 Å². The summed E-state index contributed by atoms with van der Waals surface area (Å²) in [6.45, 7) is 4.32. The lowest BCUT2D eigenvalue weighted by Gasteiger charge is -2.15. The molecule has 0 aliphatic heterocycles. The largest absolute Gasteiger partial charge is 0.367 e. The number of carbonyl (C=O) groups is 1. The van der Waals surface area contributed by atoms with E-state index in [4.69, 9.17) is 4.74 Å². The fraction of sp³-hybridized carbons (Fsp3) is 0.462. The number of amides is 1. The van der Waals surface area contributed by atoms with E-state index in [1.54, 1.807) is 7.11 Å². The number of methoxy groups -OCH3 is 1. The third kappa shape index (κ3) is 4.54. The van der Waals surface area contributed by atoms with Crippen LogP contribution in [0.5, 0.6) is 0 Å². The Bertz CT molecular complexity index is 327. The first-order valence-corrected chi connectivity index (χ1v) is 5.85. The van der Waals surface area contributed by atoms with Crippen LogP contribution in [0, 0.1) is 0 Å². The minimum absolute atomic E-state index is 0.100. The van der Waals surface area contributed by atoms with Crippen molar-refractivity contribution in [2.45, 2.75) is 13.0 Å². The molecule has 17 heavy (non-hydrogen) atoms. The Kier molecular flexibility index (Phi) is 6.29. The van der Waals surface area contributed by atoms with Gasteiger partial charge < -0.3 is 15.4 Å². The third-order valence-electron chi connectivity index (χ3n) is 2.43. The molecule has 1 rings (SSSR count). The Morgan fingerprint density at radius 2 is 2.00 bits per heavy atom. The zero-order valence-corrected chi connectivity index (χ0v) is 10.4. The van der Waals surface area contributed by atoms with Crippen molar-refractivity contribution in [2.24, 2.45) is 0 Å². The van der Waals surface area contributed by atoms with Gasteiger partial charge in [-0.1, -0.05) is 37.3 Å². The molecule has 1 aromatic rings. The fourth-order valence-corrected chi connectivity index (χ4v) is 1.57. The highest BCUT2D eigenvalue weighted by molar-refractivity contribution is 5.82. The molecule has 0 aliphatic carbocycles. The maximum absolute atomic E-state index is 11.9. The summed E-state index contributed by atoms with van der Waals surface area (Å²) < 4.78 is 5.22. The van der Waals surface area contributed by atoms with E-state index in [9.17, 15) is 4.79 Å². The monoisotopic (exact) mass is 236 g/mol. The molecule has 1 atom stereocenters. The summed E-state index contributed by atoms with van der Waals surface area (Å²) in [6.07, 6.45) is -0.530. The van der Waals surface area contributed by atoms with Gasteiger partial charge in [-0.15, -0.1) is 0 Å². The Balaban J connectivity index is 2.48. The number of likely N-dealkylation sites (N-methyl/N-ethyl adjacent to an activating group) is 1. The smallest absolute Gasteiger partial charge is 0.253 e. The van der Waals surface area contributed by atoms with E-state index < -0.39 is 6.10 Å². The Morgan fingerprint density at radius 1 is 1.29 bits per heavy atom. The predicted molar refractivity (Wildman–Crippen MR) is 67.7 cm³/mol. The molecule has 94 valence electrons. The lowest BCUT2D eigenvalue weighted by Crippen LogP contribution is -2.35. The molecule has 0 fully saturated rings. The lowest BCUT2D eigenvalue weighted by molar-refractivity contribution is -0.131. The van der Waals surface area contributed by atoms with E-state index in [1.165, 1.54) is 0 Å². The third-order valence-corrected chi connectivity index (χ3v) is 2.43. The molecule has 4 nitrogen and oxygen atoms in total. The summed E-state index contributed by atoms with van der Waals surface area (Å²) in [5.74, 6) is -0.100. The van der Waals surface area contributed by atoms with Crippen LogP contribution >= 0.6 is 0 Å². The SMILES string of the molecule is CCNCCNC(=O)C(OC)c1ccccc1. The second kappa shape index (κ2) is 7.81. The van der Waals surface area contributed by atoms with Gasteiger partial charge in [0.05, 0.1) is 0 Å². The molecular formula is C13H20N2O2. The van der Waals surface area contributed by atoms with Gasteiger partial charge in [0.1, 0.15) is 0 Å². The van der Waals surface area contributed by atoms with Crippen LogP contribution in [0.15, 0.2) is 30.3 Å². The number of hydrogen-bond donors (Lipinski definition) is 2. The van der Waals surface area contributed by atoms with E-state index in [2.05, 4.69) is 10.6 Å². The number of rotatable bonds is 7. The van der Waals surface area contributed by atoms with E-state index in [1.807, 2.05) is 37.3 Å². The maximum Gasteiger partial charge on any atom is 0.253 e. The van der Waals surface area contributed by atoms with Gasteiger partial charge >= 0.3 is 0 Å². The Hall–Kier alpha value is -1.39. The normalized spacial score (nSPS) is 12.1. The van der Waals surface area contributed by atoms with E-state index in [0.29, 0.717) is 6.54 Å². The van der Waals surface area contributed by atoms with E-state index >= 15 is 0 Å². The number of carbonyl (C=O) groups excluding carboxylic acids is 1. The van der Waals surface area contributed by atoms with Crippen LogP contribution in [-0.2, 0) is 9.53 Å². The van der Waals surface area contributed by atoms with Crippen molar-refractivity contribution < 1.29 is 9.53 Å². The molecule has 0 saturated carbocycles. The molecule has 0 spiro atoms. The van der Waals surface area contributed by atoms with Crippen molar-refractivity contribution in [1.82, 2.24) is 10.6 Å². The average Bonchev–Trinajstić information content (AvgIpc) is 2.37.